The van der Waals surface area contributed by atoms with E-state index in [0.717, 1.165) is 23.4 Å². The van der Waals surface area contributed by atoms with Gasteiger partial charge in [0.05, 0.1) is 0 Å². The Morgan fingerprint density at radius 3 is 2.67 bits per heavy atom. The van der Waals surface area contributed by atoms with Crippen LogP contribution in [0.15, 0.2) is 40.1 Å². The monoisotopic (exact) mass is 294 g/mol. The first-order chi connectivity index (χ1) is 8.30. The van der Waals surface area contributed by atoms with Crippen molar-refractivity contribution in [3.63, 3.8) is 0 Å². The number of halogens is 2. The topological polar surface area (TPSA) is 54.4 Å². The van der Waals surface area contributed by atoms with Crippen LogP contribution < -0.4 is 0 Å². The van der Waals surface area contributed by atoms with Crippen LogP contribution in [-0.4, -0.2) is 18.7 Å². The molecule has 3 nitrogen and oxygen atoms in total. The lowest BCUT2D eigenvalue weighted by Crippen LogP contribution is -2.00. The van der Waals surface area contributed by atoms with Gasteiger partial charge in [-0.05, 0) is 37.1 Å². The second-order valence-corrected chi connectivity index (χ2v) is 6.08. The van der Waals surface area contributed by atoms with Crippen LogP contribution >= 0.6 is 11.8 Å². The Kier molecular flexibility index (Phi) is 5.30. The van der Waals surface area contributed by atoms with E-state index in [2.05, 4.69) is 0 Å². The Labute approximate surface area is 109 Å². The standard InChI is InChI=1S/C11H12F2O3S2/c1-8-4-5-10(18(14,15)16)9(7-8)17-6-2-3-11(12)13/h3-5,7H,2,6H2,1H3,(H,14,15,16). The van der Waals surface area contributed by atoms with Crippen molar-refractivity contribution in [2.45, 2.75) is 23.1 Å². The fourth-order valence-corrected chi connectivity index (χ4v) is 3.26. The molecule has 0 saturated carbocycles. The number of benzene rings is 1. The molecule has 0 bridgehead atoms. The van der Waals surface area contributed by atoms with Crippen molar-refractivity contribution in [3.05, 3.63) is 35.9 Å². The minimum atomic E-state index is -4.29. The lowest BCUT2D eigenvalue weighted by atomic mass is 10.2. The molecule has 0 spiro atoms. The van der Waals surface area contributed by atoms with Gasteiger partial charge in [-0.15, -0.1) is 11.8 Å². The third-order valence-electron chi connectivity index (χ3n) is 2.05. The van der Waals surface area contributed by atoms with E-state index >= 15 is 0 Å². The molecular weight excluding hydrogens is 282 g/mol. The number of hydrogen-bond donors (Lipinski definition) is 1. The van der Waals surface area contributed by atoms with E-state index in [9.17, 15) is 17.2 Å². The average Bonchev–Trinajstić information content (AvgIpc) is 2.22. The first-order valence-corrected chi connectivity index (χ1v) is 7.45. The number of hydrogen-bond acceptors (Lipinski definition) is 3. The Bertz CT molecular complexity index is 549. The molecule has 0 heterocycles. The van der Waals surface area contributed by atoms with E-state index < -0.39 is 16.2 Å². The van der Waals surface area contributed by atoms with Gasteiger partial charge in [0.1, 0.15) is 4.90 Å². The van der Waals surface area contributed by atoms with Crippen LogP contribution in [0, 0.1) is 6.92 Å². The summed E-state index contributed by atoms with van der Waals surface area (Å²) in [5, 5.41) is 0. The quantitative estimate of drug-likeness (QED) is 0.513. The van der Waals surface area contributed by atoms with Crippen molar-refractivity contribution in [1.82, 2.24) is 0 Å². The van der Waals surface area contributed by atoms with E-state index in [1.54, 1.807) is 19.1 Å². The van der Waals surface area contributed by atoms with Crippen LogP contribution in [-0.2, 0) is 10.1 Å². The van der Waals surface area contributed by atoms with Gasteiger partial charge in [-0.3, -0.25) is 4.55 Å². The van der Waals surface area contributed by atoms with Crippen molar-refractivity contribution < 1.29 is 21.8 Å². The molecule has 18 heavy (non-hydrogen) atoms. The second-order valence-electron chi connectivity index (χ2n) is 3.56. The molecule has 0 aromatic heterocycles. The van der Waals surface area contributed by atoms with Crippen LogP contribution in [0.2, 0.25) is 0 Å². The van der Waals surface area contributed by atoms with E-state index in [-0.39, 0.29) is 11.3 Å². The first-order valence-electron chi connectivity index (χ1n) is 5.03. The van der Waals surface area contributed by atoms with Crippen LogP contribution in [0.3, 0.4) is 0 Å². The van der Waals surface area contributed by atoms with Crippen molar-refractivity contribution >= 4 is 21.9 Å². The van der Waals surface area contributed by atoms with Crippen molar-refractivity contribution in [3.8, 4) is 0 Å². The minimum absolute atomic E-state index is 0.131. The fraction of sp³-hybridized carbons (Fsp3) is 0.273. The van der Waals surface area contributed by atoms with Crippen LogP contribution in [0.4, 0.5) is 8.78 Å². The highest BCUT2D eigenvalue weighted by Gasteiger charge is 2.15. The van der Waals surface area contributed by atoms with E-state index in [1.807, 2.05) is 0 Å². The number of rotatable bonds is 5. The lowest BCUT2D eigenvalue weighted by molar-refractivity contribution is 0.418. The van der Waals surface area contributed by atoms with Crippen molar-refractivity contribution in [1.29, 1.82) is 0 Å². The molecule has 0 aliphatic rings. The molecular formula is C11H12F2O3S2. The average molecular weight is 294 g/mol. The molecule has 1 N–H and O–H groups in total. The summed E-state index contributed by atoms with van der Waals surface area (Å²) in [6, 6.07) is 4.47. The maximum absolute atomic E-state index is 11.8. The zero-order chi connectivity index (χ0) is 13.8. The fourth-order valence-electron chi connectivity index (χ4n) is 1.28. The molecule has 1 aromatic rings. The summed E-state index contributed by atoms with van der Waals surface area (Å²) in [6.45, 7) is 1.78. The summed E-state index contributed by atoms with van der Waals surface area (Å²) in [4.78, 5) is 0.174. The zero-order valence-corrected chi connectivity index (χ0v) is 11.2. The highest BCUT2D eigenvalue weighted by atomic mass is 32.2. The molecule has 0 aliphatic carbocycles. The zero-order valence-electron chi connectivity index (χ0n) is 9.56. The molecule has 0 amide bonds. The van der Waals surface area contributed by atoms with Crippen LogP contribution in [0.5, 0.6) is 0 Å². The Hall–Kier alpha value is -0.920. The summed E-state index contributed by atoms with van der Waals surface area (Å²) < 4.78 is 54.9. The molecule has 0 aliphatic heterocycles. The minimum Gasteiger partial charge on any atom is -0.282 e. The summed E-state index contributed by atoms with van der Waals surface area (Å²) in [5.74, 6) is 0.309. The summed E-state index contributed by atoms with van der Waals surface area (Å²) in [5.41, 5.74) is 0.831. The Morgan fingerprint density at radius 1 is 1.44 bits per heavy atom. The normalized spacial score (nSPS) is 11.3. The number of aryl methyl sites for hydroxylation is 1. The second kappa shape index (κ2) is 6.31. The molecule has 7 heteroatoms. The molecule has 0 fully saturated rings. The van der Waals surface area contributed by atoms with Gasteiger partial charge in [-0.2, -0.15) is 17.2 Å². The van der Waals surface area contributed by atoms with E-state index in [1.165, 1.54) is 6.07 Å². The Morgan fingerprint density at radius 2 is 2.11 bits per heavy atom. The van der Waals surface area contributed by atoms with Gasteiger partial charge in [0, 0.05) is 10.6 Å². The number of thioether (sulfide) groups is 1. The first kappa shape index (κ1) is 15.1. The molecule has 1 aromatic carbocycles. The maximum Gasteiger partial charge on any atom is 0.295 e. The van der Waals surface area contributed by atoms with E-state index in [4.69, 9.17) is 4.55 Å². The van der Waals surface area contributed by atoms with Crippen LogP contribution in [0.1, 0.15) is 12.0 Å². The molecule has 100 valence electrons. The van der Waals surface area contributed by atoms with Gasteiger partial charge in [0.2, 0.25) is 0 Å². The predicted octanol–water partition coefficient (Wildman–Crippen LogP) is 3.50. The molecule has 0 radical (unpaired) electrons. The predicted molar refractivity (Wildman–Crippen MR) is 66.6 cm³/mol. The molecule has 1 rings (SSSR count). The van der Waals surface area contributed by atoms with Gasteiger partial charge in [-0.25, -0.2) is 0 Å². The van der Waals surface area contributed by atoms with Crippen molar-refractivity contribution in [2.24, 2.45) is 0 Å². The third kappa shape index (κ3) is 4.75. The largest absolute Gasteiger partial charge is 0.295 e. The lowest BCUT2D eigenvalue weighted by Gasteiger charge is -2.07. The third-order valence-corrected chi connectivity index (χ3v) is 4.18. The summed E-state index contributed by atoms with van der Waals surface area (Å²) in [6.07, 6.45) is -0.850. The Balaban J connectivity index is 2.87. The molecule has 0 unspecified atom stereocenters. The van der Waals surface area contributed by atoms with E-state index in [0.29, 0.717) is 10.6 Å². The SMILES string of the molecule is Cc1ccc(S(=O)(=O)O)c(SCCC=C(F)F)c1. The maximum atomic E-state index is 11.8. The van der Waals surface area contributed by atoms with Crippen molar-refractivity contribution in [2.75, 3.05) is 5.75 Å². The van der Waals surface area contributed by atoms with Gasteiger partial charge in [0.15, 0.2) is 0 Å². The molecule has 0 saturated heterocycles. The van der Waals surface area contributed by atoms with Gasteiger partial charge < -0.3 is 0 Å². The van der Waals surface area contributed by atoms with Gasteiger partial charge in [-0.1, -0.05) is 6.07 Å². The highest BCUT2D eigenvalue weighted by molar-refractivity contribution is 8.00. The van der Waals surface area contributed by atoms with Crippen LogP contribution in [0.25, 0.3) is 0 Å². The summed E-state index contributed by atoms with van der Waals surface area (Å²) >= 11 is 1.11. The summed E-state index contributed by atoms with van der Waals surface area (Å²) in [7, 11) is -4.29. The number of allylic oxidation sites excluding steroid dienone is 1. The highest BCUT2D eigenvalue weighted by Crippen LogP contribution is 2.28. The van der Waals surface area contributed by atoms with Gasteiger partial charge >= 0.3 is 0 Å². The smallest absolute Gasteiger partial charge is 0.282 e. The van der Waals surface area contributed by atoms with Gasteiger partial charge in [0.25, 0.3) is 16.2 Å². The molecule has 0 atom stereocenters.